The molecule has 0 amide bonds. The van der Waals surface area contributed by atoms with Gasteiger partial charge in [0.05, 0.1) is 6.54 Å². The summed E-state index contributed by atoms with van der Waals surface area (Å²) in [6.45, 7) is 5.81. The van der Waals surface area contributed by atoms with E-state index in [4.69, 9.17) is 4.52 Å². The molecule has 0 aromatic carbocycles. The number of hydrogen-bond donors (Lipinski definition) is 1. The highest BCUT2D eigenvalue weighted by molar-refractivity contribution is 5.29. The molecule has 0 radical (unpaired) electrons. The molecule has 1 N–H and O–H groups in total. The molecule has 5 nitrogen and oxygen atoms in total. The maximum Gasteiger partial charge on any atom is 0.223 e. The first-order chi connectivity index (χ1) is 10.3. The monoisotopic (exact) mass is 288 g/mol. The van der Waals surface area contributed by atoms with Crippen molar-refractivity contribution in [3.8, 4) is 0 Å². The summed E-state index contributed by atoms with van der Waals surface area (Å²) >= 11 is 0. The zero-order valence-corrected chi connectivity index (χ0v) is 12.9. The summed E-state index contributed by atoms with van der Waals surface area (Å²) in [6.07, 6.45) is 10.7. The van der Waals surface area contributed by atoms with E-state index in [2.05, 4.69) is 39.3 Å². The van der Waals surface area contributed by atoms with E-state index in [1.54, 1.807) is 0 Å². The lowest BCUT2D eigenvalue weighted by atomic mass is 10.0. The lowest BCUT2D eigenvalue weighted by Gasteiger charge is -2.16. The number of aromatic nitrogens is 3. The van der Waals surface area contributed by atoms with Crippen molar-refractivity contribution in [3.05, 3.63) is 35.2 Å². The standard InChI is InChI=1S/C16H24N4O/c1-3-8-17-15-7-5-4-6-13-9-20(10-14(13)15)11-16-18-12(2)21-19-16/h9-10,15,17H,3-8,11H2,1-2H3. The van der Waals surface area contributed by atoms with Crippen molar-refractivity contribution in [1.29, 1.82) is 0 Å². The second kappa shape index (κ2) is 6.43. The summed E-state index contributed by atoms with van der Waals surface area (Å²) in [5, 5.41) is 7.67. The summed E-state index contributed by atoms with van der Waals surface area (Å²) in [5.41, 5.74) is 2.93. The van der Waals surface area contributed by atoms with Crippen LogP contribution >= 0.6 is 0 Å². The largest absolute Gasteiger partial charge is 0.346 e. The molecule has 1 atom stereocenters. The first-order valence-corrected chi connectivity index (χ1v) is 7.97. The van der Waals surface area contributed by atoms with Crippen LogP contribution < -0.4 is 5.32 Å². The molecule has 1 aliphatic carbocycles. The quantitative estimate of drug-likeness (QED) is 0.859. The van der Waals surface area contributed by atoms with Crippen LogP contribution in [0.2, 0.25) is 0 Å². The first kappa shape index (κ1) is 14.3. The average molecular weight is 288 g/mol. The van der Waals surface area contributed by atoms with Gasteiger partial charge in [0.25, 0.3) is 0 Å². The fourth-order valence-corrected chi connectivity index (χ4v) is 3.11. The highest BCUT2D eigenvalue weighted by Crippen LogP contribution is 2.29. The summed E-state index contributed by atoms with van der Waals surface area (Å²) < 4.78 is 7.24. The van der Waals surface area contributed by atoms with Gasteiger partial charge in [-0.25, -0.2) is 0 Å². The zero-order chi connectivity index (χ0) is 14.7. The van der Waals surface area contributed by atoms with Gasteiger partial charge in [-0.2, -0.15) is 4.98 Å². The topological polar surface area (TPSA) is 55.9 Å². The normalized spacial score (nSPS) is 18.5. The molecule has 2 heterocycles. The van der Waals surface area contributed by atoms with Crippen LogP contribution in [0.4, 0.5) is 0 Å². The Bertz CT molecular complexity index is 587. The first-order valence-electron chi connectivity index (χ1n) is 7.97. The van der Waals surface area contributed by atoms with Crippen LogP contribution in [0.5, 0.6) is 0 Å². The molecule has 2 aromatic heterocycles. The van der Waals surface area contributed by atoms with E-state index in [0.717, 1.165) is 12.4 Å². The van der Waals surface area contributed by atoms with Crippen LogP contribution in [-0.4, -0.2) is 21.3 Å². The number of aryl methyl sites for hydroxylation is 2. The summed E-state index contributed by atoms with van der Waals surface area (Å²) in [5.74, 6) is 1.37. The fraction of sp³-hybridized carbons (Fsp3) is 0.625. The Morgan fingerprint density at radius 1 is 1.38 bits per heavy atom. The summed E-state index contributed by atoms with van der Waals surface area (Å²) in [7, 11) is 0. The molecular weight excluding hydrogens is 264 g/mol. The molecule has 114 valence electrons. The van der Waals surface area contributed by atoms with E-state index >= 15 is 0 Å². The van der Waals surface area contributed by atoms with Gasteiger partial charge in [-0.05, 0) is 43.4 Å². The molecule has 5 heteroatoms. The number of hydrogen-bond acceptors (Lipinski definition) is 4. The minimum atomic E-state index is 0.496. The molecule has 0 saturated heterocycles. The molecule has 1 aliphatic rings. The molecule has 0 fully saturated rings. The van der Waals surface area contributed by atoms with Crippen molar-refractivity contribution in [2.45, 2.75) is 58.5 Å². The van der Waals surface area contributed by atoms with Crippen molar-refractivity contribution < 1.29 is 4.52 Å². The molecular formula is C16H24N4O. The van der Waals surface area contributed by atoms with Crippen molar-refractivity contribution in [2.24, 2.45) is 0 Å². The second-order valence-corrected chi connectivity index (χ2v) is 5.89. The molecule has 0 spiro atoms. The fourth-order valence-electron chi connectivity index (χ4n) is 3.11. The third kappa shape index (κ3) is 3.35. The van der Waals surface area contributed by atoms with Gasteiger partial charge in [-0.3, -0.25) is 0 Å². The van der Waals surface area contributed by atoms with Crippen molar-refractivity contribution in [2.75, 3.05) is 6.54 Å². The van der Waals surface area contributed by atoms with Gasteiger partial charge in [-0.1, -0.05) is 18.5 Å². The lowest BCUT2D eigenvalue weighted by Crippen LogP contribution is -2.21. The van der Waals surface area contributed by atoms with Crippen molar-refractivity contribution in [1.82, 2.24) is 20.0 Å². The lowest BCUT2D eigenvalue weighted by molar-refractivity contribution is 0.386. The van der Waals surface area contributed by atoms with Crippen LogP contribution in [0, 0.1) is 6.92 Å². The van der Waals surface area contributed by atoms with Gasteiger partial charge < -0.3 is 14.4 Å². The molecule has 0 aliphatic heterocycles. The SMILES string of the molecule is CCCNC1CCCCc2cn(Cc3noc(C)n3)cc21. The van der Waals surface area contributed by atoms with Crippen molar-refractivity contribution >= 4 is 0 Å². The number of fused-ring (bicyclic) bond motifs is 1. The third-order valence-corrected chi connectivity index (χ3v) is 4.10. The van der Waals surface area contributed by atoms with E-state index in [-0.39, 0.29) is 0 Å². The van der Waals surface area contributed by atoms with Crippen molar-refractivity contribution in [3.63, 3.8) is 0 Å². The zero-order valence-electron chi connectivity index (χ0n) is 12.9. The maximum absolute atomic E-state index is 5.05. The second-order valence-electron chi connectivity index (χ2n) is 5.89. The van der Waals surface area contributed by atoms with Gasteiger partial charge in [0.15, 0.2) is 5.82 Å². The number of rotatable bonds is 5. The number of nitrogens with zero attached hydrogens (tertiary/aromatic N) is 3. The highest BCUT2D eigenvalue weighted by atomic mass is 16.5. The van der Waals surface area contributed by atoms with Gasteiger partial charge in [-0.15, -0.1) is 0 Å². The molecule has 0 bridgehead atoms. The number of nitrogens with one attached hydrogen (secondary N) is 1. The predicted molar refractivity (Wildman–Crippen MR) is 81.2 cm³/mol. The van der Waals surface area contributed by atoms with Crippen LogP contribution in [-0.2, 0) is 13.0 Å². The Morgan fingerprint density at radius 2 is 2.29 bits per heavy atom. The van der Waals surface area contributed by atoms with Crippen LogP contribution in [0.1, 0.15) is 61.5 Å². The van der Waals surface area contributed by atoms with Crippen LogP contribution in [0.3, 0.4) is 0 Å². The smallest absolute Gasteiger partial charge is 0.223 e. The molecule has 21 heavy (non-hydrogen) atoms. The summed E-state index contributed by atoms with van der Waals surface area (Å²) in [6, 6.07) is 0.496. The minimum Gasteiger partial charge on any atom is -0.346 e. The summed E-state index contributed by atoms with van der Waals surface area (Å²) in [4.78, 5) is 4.29. The van der Waals surface area contributed by atoms with E-state index < -0.39 is 0 Å². The molecule has 0 saturated carbocycles. The van der Waals surface area contributed by atoms with E-state index in [0.29, 0.717) is 18.5 Å². The van der Waals surface area contributed by atoms with Gasteiger partial charge in [0, 0.05) is 25.4 Å². The Morgan fingerprint density at radius 3 is 3.05 bits per heavy atom. The average Bonchev–Trinajstić information content (AvgIpc) is 3.00. The van der Waals surface area contributed by atoms with Crippen LogP contribution in [0.25, 0.3) is 0 Å². The van der Waals surface area contributed by atoms with E-state index in [9.17, 15) is 0 Å². The van der Waals surface area contributed by atoms with Crippen LogP contribution in [0.15, 0.2) is 16.9 Å². The maximum atomic E-state index is 5.05. The van der Waals surface area contributed by atoms with Gasteiger partial charge in [0.1, 0.15) is 0 Å². The Hall–Kier alpha value is -1.62. The Balaban J connectivity index is 1.79. The van der Waals surface area contributed by atoms with E-state index in [1.165, 1.54) is 43.2 Å². The van der Waals surface area contributed by atoms with Gasteiger partial charge in [0.2, 0.25) is 5.89 Å². The molecule has 1 unspecified atom stereocenters. The Kier molecular flexibility index (Phi) is 4.39. The molecule has 2 aromatic rings. The highest BCUT2D eigenvalue weighted by Gasteiger charge is 2.20. The predicted octanol–water partition coefficient (Wildman–Crippen LogP) is 2.99. The minimum absolute atomic E-state index is 0.496. The molecule has 3 rings (SSSR count). The third-order valence-electron chi connectivity index (χ3n) is 4.10. The van der Waals surface area contributed by atoms with Gasteiger partial charge >= 0.3 is 0 Å². The van der Waals surface area contributed by atoms with E-state index in [1.807, 2.05) is 6.92 Å². The Labute approximate surface area is 125 Å².